The van der Waals surface area contributed by atoms with Crippen molar-refractivity contribution in [2.75, 3.05) is 18.4 Å². The minimum absolute atomic E-state index is 0.0193. The van der Waals surface area contributed by atoms with Gasteiger partial charge in [-0.05, 0) is 38.1 Å². The van der Waals surface area contributed by atoms with Crippen molar-refractivity contribution in [3.05, 3.63) is 48.3 Å². The molecule has 0 aromatic carbocycles. The van der Waals surface area contributed by atoms with Crippen LogP contribution >= 0.6 is 0 Å². The van der Waals surface area contributed by atoms with Gasteiger partial charge in [0.25, 0.3) is 0 Å². The van der Waals surface area contributed by atoms with Crippen LogP contribution in [0.1, 0.15) is 24.1 Å². The van der Waals surface area contributed by atoms with E-state index >= 15 is 0 Å². The van der Waals surface area contributed by atoms with E-state index in [1.165, 1.54) is 23.3 Å². The minimum atomic E-state index is -4.64. The van der Waals surface area contributed by atoms with E-state index in [1.54, 1.807) is 12.1 Å². The summed E-state index contributed by atoms with van der Waals surface area (Å²) in [4.78, 5) is 16.1. The summed E-state index contributed by atoms with van der Waals surface area (Å²) in [5.41, 5.74) is -0.737. The fraction of sp³-hybridized carbons (Fsp3) is 0.316. The van der Waals surface area contributed by atoms with Gasteiger partial charge < -0.3 is 15.2 Å². The van der Waals surface area contributed by atoms with E-state index in [0.29, 0.717) is 5.69 Å². The minimum Gasteiger partial charge on any atom is -0.351 e. The number of rotatable bonds is 4. The van der Waals surface area contributed by atoms with Crippen molar-refractivity contribution in [3.63, 3.8) is 0 Å². The summed E-state index contributed by atoms with van der Waals surface area (Å²) in [7, 11) is 0. The fourth-order valence-corrected chi connectivity index (χ4v) is 3.27. The highest BCUT2D eigenvalue weighted by atomic mass is 19.4. The van der Waals surface area contributed by atoms with Crippen molar-refractivity contribution < 1.29 is 13.2 Å². The molecule has 30 heavy (non-hydrogen) atoms. The van der Waals surface area contributed by atoms with Gasteiger partial charge in [-0.15, -0.1) is 0 Å². The highest BCUT2D eigenvalue weighted by Gasteiger charge is 2.36. The average molecular weight is 414 g/mol. The van der Waals surface area contributed by atoms with Crippen molar-refractivity contribution in [1.29, 1.82) is 5.26 Å². The van der Waals surface area contributed by atoms with Gasteiger partial charge in [0.2, 0.25) is 5.95 Å². The molecule has 0 radical (unpaired) electrons. The number of hydrogen-bond donors (Lipinski definition) is 2. The lowest BCUT2D eigenvalue weighted by Gasteiger charge is -2.24. The Morgan fingerprint density at radius 1 is 1.20 bits per heavy atom. The molecule has 154 valence electrons. The van der Waals surface area contributed by atoms with Crippen LogP contribution in [0.5, 0.6) is 0 Å². The summed E-state index contributed by atoms with van der Waals surface area (Å²) in [6, 6.07) is 5.30. The van der Waals surface area contributed by atoms with E-state index in [1.807, 2.05) is 6.07 Å². The van der Waals surface area contributed by atoms with Gasteiger partial charge in [-0.25, -0.2) is 19.9 Å². The molecule has 0 unspecified atom stereocenters. The van der Waals surface area contributed by atoms with Gasteiger partial charge in [-0.3, -0.25) is 0 Å². The second-order valence-corrected chi connectivity index (χ2v) is 6.77. The van der Waals surface area contributed by atoms with Gasteiger partial charge >= 0.3 is 6.18 Å². The molecule has 0 atom stereocenters. The number of imidazole rings is 1. The van der Waals surface area contributed by atoms with Gasteiger partial charge in [0.15, 0.2) is 5.69 Å². The van der Waals surface area contributed by atoms with Crippen LogP contribution in [0.2, 0.25) is 0 Å². The molecule has 0 aliphatic carbocycles. The Kier molecular flexibility index (Phi) is 5.33. The first-order valence-corrected chi connectivity index (χ1v) is 9.27. The van der Waals surface area contributed by atoms with Crippen LogP contribution < -0.4 is 10.6 Å². The number of nitriles is 1. The van der Waals surface area contributed by atoms with Gasteiger partial charge in [0.05, 0.1) is 5.69 Å². The largest absolute Gasteiger partial charge is 0.420 e. The predicted octanol–water partition coefficient (Wildman–Crippen LogP) is 2.78. The van der Waals surface area contributed by atoms with Crippen LogP contribution in [0.3, 0.4) is 0 Å². The molecule has 3 aromatic heterocycles. The molecule has 1 saturated heterocycles. The van der Waals surface area contributed by atoms with Crippen LogP contribution in [-0.2, 0) is 6.18 Å². The van der Waals surface area contributed by atoms with E-state index in [0.717, 1.165) is 32.1 Å². The molecule has 0 amide bonds. The molecule has 1 fully saturated rings. The molecule has 1 aliphatic heterocycles. The summed E-state index contributed by atoms with van der Waals surface area (Å²) >= 11 is 0. The van der Waals surface area contributed by atoms with Crippen molar-refractivity contribution in [2.45, 2.75) is 25.1 Å². The van der Waals surface area contributed by atoms with Crippen LogP contribution in [-0.4, -0.2) is 43.6 Å². The third kappa shape index (κ3) is 4.08. The maximum Gasteiger partial charge on any atom is 0.420 e. The molecular weight excluding hydrogens is 397 g/mol. The Morgan fingerprint density at radius 2 is 2.00 bits per heavy atom. The van der Waals surface area contributed by atoms with E-state index in [-0.39, 0.29) is 29.1 Å². The summed E-state index contributed by atoms with van der Waals surface area (Å²) in [6.07, 6.45) is 1.97. The average Bonchev–Trinajstić information content (AvgIpc) is 3.23. The highest BCUT2D eigenvalue weighted by Crippen LogP contribution is 2.35. The number of alkyl halides is 3. The number of piperidine rings is 1. The molecular formula is C19H17F3N8. The van der Waals surface area contributed by atoms with E-state index in [4.69, 9.17) is 0 Å². The second kappa shape index (κ2) is 8.08. The molecule has 0 saturated carbocycles. The van der Waals surface area contributed by atoms with E-state index in [9.17, 15) is 18.4 Å². The Bertz CT molecular complexity index is 1080. The summed E-state index contributed by atoms with van der Waals surface area (Å²) in [6.45, 7) is 1.64. The summed E-state index contributed by atoms with van der Waals surface area (Å²) < 4.78 is 42.2. The number of halogens is 3. The third-order valence-electron chi connectivity index (χ3n) is 4.76. The molecule has 11 heteroatoms. The third-order valence-corrected chi connectivity index (χ3v) is 4.76. The molecule has 0 bridgehead atoms. The van der Waals surface area contributed by atoms with Crippen molar-refractivity contribution in [1.82, 2.24) is 29.8 Å². The summed E-state index contributed by atoms with van der Waals surface area (Å²) in [5, 5.41) is 15.6. The SMILES string of the molecule is N#Cc1ncccc1-n1cnc(-c2nc(NC3CCNCC3)ncc2C(F)(F)F)c1. The molecule has 3 aromatic rings. The zero-order valence-electron chi connectivity index (χ0n) is 15.7. The number of nitrogens with one attached hydrogen (secondary N) is 2. The first-order chi connectivity index (χ1) is 14.5. The van der Waals surface area contributed by atoms with Gasteiger partial charge in [-0.2, -0.15) is 18.4 Å². The molecule has 2 N–H and O–H groups in total. The number of anilines is 1. The standard InChI is InChI=1S/C19H17F3N8/c20-19(21,22)13-9-26-18(28-12-3-6-24-7-4-12)29-17(13)15-10-30(11-27-15)16-2-1-5-25-14(16)8-23/h1-2,5,9-12,24H,3-4,6-7H2,(H,26,28,29). The van der Waals surface area contributed by atoms with Gasteiger partial charge in [-0.1, -0.05) is 0 Å². The topological polar surface area (TPSA) is 104 Å². The maximum atomic E-state index is 13.6. The maximum absolute atomic E-state index is 13.6. The lowest BCUT2D eigenvalue weighted by atomic mass is 10.1. The van der Waals surface area contributed by atoms with Crippen molar-refractivity contribution in [3.8, 4) is 23.1 Å². The van der Waals surface area contributed by atoms with Crippen LogP contribution in [0.15, 0.2) is 37.1 Å². The number of hydrogen-bond acceptors (Lipinski definition) is 7. The number of aromatic nitrogens is 5. The molecule has 0 spiro atoms. The monoisotopic (exact) mass is 414 g/mol. The highest BCUT2D eigenvalue weighted by molar-refractivity contribution is 5.61. The van der Waals surface area contributed by atoms with Crippen LogP contribution in [0.25, 0.3) is 17.1 Å². The molecule has 4 rings (SSSR count). The summed E-state index contributed by atoms with van der Waals surface area (Å²) in [5.74, 6) is 0.124. The normalized spacial score (nSPS) is 15.0. The van der Waals surface area contributed by atoms with Crippen LogP contribution in [0, 0.1) is 11.3 Å². The second-order valence-electron chi connectivity index (χ2n) is 6.77. The lowest BCUT2D eigenvalue weighted by Crippen LogP contribution is -2.35. The Labute approximate surface area is 169 Å². The Balaban J connectivity index is 1.72. The zero-order valence-corrected chi connectivity index (χ0v) is 15.7. The first kappa shape index (κ1) is 19.8. The number of pyridine rings is 1. The van der Waals surface area contributed by atoms with Crippen molar-refractivity contribution in [2.24, 2.45) is 0 Å². The van der Waals surface area contributed by atoms with E-state index < -0.39 is 11.7 Å². The van der Waals surface area contributed by atoms with Crippen LogP contribution in [0.4, 0.5) is 19.1 Å². The Morgan fingerprint density at radius 3 is 2.73 bits per heavy atom. The Hall–Kier alpha value is -3.52. The first-order valence-electron chi connectivity index (χ1n) is 9.27. The van der Waals surface area contributed by atoms with Gasteiger partial charge in [0.1, 0.15) is 29.3 Å². The predicted molar refractivity (Wildman–Crippen MR) is 102 cm³/mol. The molecule has 8 nitrogen and oxygen atoms in total. The quantitative estimate of drug-likeness (QED) is 0.676. The molecule has 1 aliphatic rings. The zero-order chi connectivity index (χ0) is 21.1. The van der Waals surface area contributed by atoms with Crippen molar-refractivity contribution >= 4 is 5.95 Å². The lowest BCUT2D eigenvalue weighted by molar-refractivity contribution is -0.137. The fourth-order valence-electron chi connectivity index (χ4n) is 3.27. The van der Waals surface area contributed by atoms with Gasteiger partial charge in [0, 0.05) is 24.6 Å². The smallest absolute Gasteiger partial charge is 0.351 e. The van der Waals surface area contributed by atoms with E-state index in [2.05, 4.69) is 30.6 Å². The number of nitrogens with zero attached hydrogens (tertiary/aromatic N) is 6. The molecule has 4 heterocycles.